The number of aryl methyl sites for hydroxylation is 1. The number of aromatic nitrogens is 4. The van der Waals surface area contributed by atoms with Crippen molar-refractivity contribution in [3.05, 3.63) is 64.3 Å². The lowest BCUT2D eigenvalue weighted by atomic mass is 9.96. The van der Waals surface area contributed by atoms with E-state index in [0.29, 0.717) is 28.1 Å². The molecule has 0 amide bonds. The van der Waals surface area contributed by atoms with Gasteiger partial charge in [0.05, 0.1) is 12.7 Å². The Bertz CT molecular complexity index is 1310. The molecule has 0 aliphatic heterocycles. The molecule has 0 radical (unpaired) electrons. The van der Waals surface area contributed by atoms with Crippen molar-refractivity contribution in [2.24, 2.45) is 0 Å². The quantitative estimate of drug-likeness (QED) is 0.479. The van der Waals surface area contributed by atoms with Crippen molar-refractivity contribution in [3.8, 4) is 11.3 Å². The van der Waals surface area contributed by atoms with Crippen molar-refractivity contribution >= 4 is 11.0 Å². The fourth-order valence-corrected chi connectivity index (χ4v) is 3.28. The Morgan fingerprint density at radius 3 is 2.65 bits per heavy atom. The molecule has 0 saturated heterocycles. The van der Waals surface area contributed by atoms with E-state index in [0.717, 1.165) is 6.20 Å². The highest BCUT2D eigenvalue weighted by molar-refractivity contribution is 5.92. The zero-order chi connectivity index (χ0) is 22.4. The molecule has 1 aromatic carbocycles. The average Bonchev–Trinajstić information content (AvgIpc) is 3.35. The van der Waals surface area contributed by atoms with Crippen LogP contribution in [0.5, 0.6) is 0 Å². The largest absolute Gasteiger partial charge is 0.449 e. The fourth-order valence-electron chi connectivity index (χ4n) is 3.28. The first-order chi connectivity index (χ1) is 14.6. The van der Waals surface area contributed by atoms with E-state index >= 15 is 0 Å². The molecule has 4 aromatic rings. The molecular weight excluding hydrogens is 417 g/mol. The Hall–Kier alpha value is -3.47. The highest BCUT2D eigenvalue weighted by atomic mass is 19.4. The van der Waals surface area contributed by atoms with E-state index in [1.54, 1.807) is 25.1 Å². The Morgan fingerprint density at radius 2 is 2.00 bits per heavy atom. The molecule has 3 aromatic heterocycles. The molecule has 1 atom stereocenters. The molecule has 0 saturated carbocycles. The van der Waals surface area contributed by atoms with Gasteiger partial charge in [-0.3, -0.25) is 0 Å². The van der Waals surface area contributed by atoms with Crippen LogP contribution in [-0.2, 0) is 12.1 Å². The second kappa shape index (κ2) is 7.34. The fraction of sp³-hybridized carbons (Fsp3) is 0.300. The maximum absolute atomic E-state index is 13.2. The first kappa shape index (κ1) is 20.8. The van der Waals surface area contributed by atoms with Crippen molar-refractivity contribution in [1.29, 1.82) is 0 Å². The minimum atomic E-state index is -4.88. The first-order valence-electron chi connectivity index (χ1n) is 9.29. The molecule has 0 aliphatic rings. The second-order valence-corrected chi connectivity index (χ2v) is 7.07. The van der Waals surface area contributed by atoms with Crippen molar-refractivity contribution in [3.63, 3.8) is 0 Å². The molecule has 11 heteroatoms. The molecule has 0 aliphatic carbocycles. The smallest absolute Gasteiger partial charge is 0.423 e. The average molecular weight is 434 g/mol. The van der Waals surface area contributed by atoms with Crippen LogP contribution in [-0.4, -0.2) is 31.3 Å². The summed E-state index contributed by atoms with van der Waals surface area (Å²) in [5.74, 6) is 0.445. The molecule has 4 rings (SSSR count). The van der Waals surface area contributed by atoms with Crippen LogP contribution in [0.25, 0.3) is 22.2 Å². The Kier molecular flexibility index (Phi) is 4.92. The van der Waals surface area contributed by atoms with Gasteiger partial charge in [-0.1, -0.05) is 24.3 Å². The molecule has 0 unspecified atom stereocenters. The van der Waals surface area contributed by atoms with Crippen molar-refractivity contribution in [1.82, 2.24) is 20.0 Å². The number of fused-ring (bicyclic) bond motifs is 1. The maximum atomic E-state index is 13.2. The minimum Gasteiger partial charge on any atom is -0.449 e. The third-order valence-electron chi connectivity index (χ3n) is 4.99. The van der Waals surface area contributed by atoms with Gasteiger partial charge in [-0.25, -0.2) is 14.5 Å². The lowest BCUT2D eigenvalue weighted by Crippen LogP contribution is -2.42. The zero-order valence-electron chi connectivity index (χ0n) is 16.5. The summed E-state index contributed by atoms with van der Waals surface area (Å²) in [4.78, 5) is 16.2. The summed E-state index contributed by atoms with van der Waals surface area (Å²) < 4.78 is 51.4. The molecule has 0 fully saturated rings. The number of aliphatic hydroxyl groups is 1. The monoisotopic (exact) mass is 434 g/mol. The number of halogens is 3. The minimum absolute atomic E-state index is 0.0532. The van der Waals surface area contributed by atoms with Crippen LogP contribution >= 0.6 is 0 Å². The first-order valence-corrected chi connectivity index (χ1v) is 9.29. The van der Waals surface area contributed by atoms with Crippen molar-refractivity contribution < 1.29 is 27.1 Å². The van der Waals surface area contributed by atoms with Gasteiger partial charge < -0.3 is 13.9 Å². The van der Waals surface area contributed by atoms with Gasteiger partial charge in [0.25, 0.3) is 0 Å². The van der Waals surface area contributed by atoms with Crippen molar-refractivity contribution in [2.45, 2.75) is 38.6 Å². The molecule has 3 heterocycles. The van der Waals surface area contributed by atoms with Gasteiger partial charge in [0.15, 0.2) is 5.89 Å². The van der Waals surface area contributed by atoms with E-state index < -0.39 is 29.5 Å². The van der Waals surface area contributed by atoms with Crippen LogP contribution < -0.4 is 5.63 Å². The SMILES string of the molecule is CC[C@](O)(c1cn(Cc2ccc3c(-c4coc(C)n4)cc(=O)oc3c2)nn1)C(F)(F)F. The summed E-state index contributed by atoms with van der Waals surface area (Å²) >= 11 is 0. The zero-order valence-corrected chi connectivity index (χ0v) is 16.5. The normalized spacial score (nSPS) is 14.1. The summed E-state index contributed by atoms with van der Waals surface area (Å²) in [6, 6.07) is 6.33. The number of nitrogens with zero attached hydrogens (tertiary/aromatic N) is 4. The van der Waals surface area contributed by atoms with Crippen LogP contribution in [0.4, 0.5) is 13.2 Å². The van der Waals surface area contributed by atoms with E-state index in [-0.39, 0.29) is 12.1 Å². The van der Waals surface area contributed by atoms with Gasteiger partial charge in [-0.05, 0) is 18.1 Å². The second-order valence-electron chi connectivity index (χ2n) is 7.07. The van der Waals surface area contributed by atoms with E-state index in [1.807, 2.05) is 0 Å². The number of oxazole rings is 1. The predicted molar refractivity (Wildman–Crippen MR) is 102 cm³/mol. The van der Waals surface area contributed by atoms with E-state index in [2.05, 4.69) is 15.3 Å². The summed E-state index contributed by atoms with van der Waals surface area (Å²) in [5, 5.41) is 17.8. The third-order valence-corrected chi connectivity index (χ3v) is 4.99. The number of alkyl halides is 3. The van der Waals surface area contributed by atoms with Gasteiger partial charge >= 0.3 is 11.8 Å². The predicted octanol–water partition coefficient (Wildman–Crippen LogP) is 3.56. The summed E-state index contributed by atoms with van der Waals surface area (Å²) in [6.45, 7) is 2.95. The number of rotatable bonds is 5. The molecular formula is C20H17F3N4O4. The van der Waals surface area contributed by atoms with Gasteiger partial charge in [0.1, 0.15) is 23.2 Å². The Labute approximate surface area is 172 Å². The molecule has 162 valence electrons. The van der Waals surface area contributed by atoms with Gasteiger partial charge in [0, 0.05) is 23.9 Å². The highest BCUT2D eigenvalue weighted by Gasteiger charge is 2.55. The summed E-state index contributed by atoms with van der Waals surface area (Å²) in [5.41, 5.74) is -2.34. The lowest BCUT2D eigenvalue weighted by Gasteiger charge is -2.26. The third kappa shape index (κ3) is 3.72. The topological polar surface area (TPSA) is 107 Å². The highest BCUT2D eigenvalue weighted by Crippen LogP contribution is 2.40. The number of hydrogen-bond donors (Lipinski definition) is 1. The maximum Gasteiger partial charge on any atom is 0.423 e. The Balaban J connectivity index is 1.68. The van der Waals surface area contributed by atoms with Crippen LogP contribution in [0.15, 0.2) is 50.4 Å². The molecule has 0 spiro atoms. The lowest BCUT2D eigenvalue weighted by molar-refractivity contribution is -0.269. The van der Waals surface area contributed by atoms with Crippen LogP contribution in [0, 0.1) is 6.92 Å². The van der Waals surface area contributed by atoms with Crippen LogP contribution in [0.3, 0.4) is 0 Å². The molecule has 31 heavy (non-hydrogen) atoms. The van der Waals surface area contributed by atoms with E-state index in [4.69, 9.17) is 8.83 Å². The molecule has 0 bridgehead atoms. The molecule has 8 nitrogen and oxygen atoms in total. The molecule has 1 N–H and O–H groups in total. The number of hydrogen-bond acceptors (Lipinski definition) is 7. The summed E-state index contributed by atoms with van der Waals surface area (Å²) in [7, 11) is 0. The van der Waals surface area contributed by atoms with Gasteiger partial charge in [0.2, 0.25) is 5.60 Å². The Morgan fingerprint density at radius 1 is 1.23 bits per heavy atom. The summed E-state index contributed by atoms with van der Waals surface area (Å²) in [6.07, 6.45) is -3.00. The standard InChI is InChI=1S/C20H17F3N4O4/c1-3-19(29,20(21,22)23)17-9-27(26-25-17)8-12-4-5-13-14(15-10-30-11(2)24-15)7-18(28)31-16(13)6-12/h4-7,9-10,29H,3,8H2,1-2H3/t19-/m0/s1. The van der Waals surface area contributed by atoms with Crippen molar-refractivity contribution in [2.75, 3.05) is 0 Å². The van der Waals surface area contributed by atoms with E-state index in [1.165, 1.54) is 23.9 Å². The van der Waals surface area contributed by atoms with E-state index in [9.17, 15) is 23.1 Å². The number of benzene rings is 1. The van der Waals surface area contributed by atoms with Crippen LogP contribution in [0.2, 0.25) is 0 Å². The van der Waals surface area contributed by atoms with Gasteiger partial charge in [-0.15, -0.1) is 5.10 Å². The van der Waals surface area contributed by atoms with Crippen LogP contribution in [0.1, 0.15) is 30.5 Å². The van der Waals surface area contributed by atoms with Gasteiger partial charge in [-0.2, -0.15) is 13.2 Å².